The SMILES string of the molecule is COCCc1ncc(CNC2CCCC2)s1. The topological polar surface area (TPSA) is 34.1 Å². The van der Waals surface area contributed by atoms with E-state index in [0.717, 1.165) is 25.6 Å². The normalized spacial score (nSPS) is 17.1. The van der Waals surface area contributed by atoms with Gasteiger partial charge in [0.1, 0.15) is 0 Å². The van der Waals surface area contributed by atoms with Crippen LogP contribution in [0.2, 0.25) is 0 Å². The Balaban J connectivity index is 1.73. The number of rotatable bonds is 6. The Morgan fingerprint density at radius 3 is 3.06 bits per heavy atom. The Bertz CT molecular complexity index is 308. The van der Waals surface area contributed by atoms with Gasteiger partial charge < -0.3 is 10.1 Å². The Morgan fingerprint density at radius 2 is 2.31 bits per heavy atom. The van der Waals surface area contributed by atoms with Crippen molar-refractivity contribution >= 4 is 11.3 Å². The molecule has 1 aliphatic rings. The van der Waals surface area contributed by atoms with Crippen molar-refractivity contribution in [1.82, 2.24) is 10.3 Å². The van der Waals surface area contributed by atoms with Gasteiger partial charge in [-0.25, -0.2) is 4.98 Å². The number of thiazole rings is 1. The third kappa shape index (κ3) is 3.54. The lowest BCUT2D eigenvalue weighted by molar-refractivity contribution is 0.202. The average Bonchev–Trinajstić information content (AvgIpc) is 2.95. The van der Waals surface area contributed by atoms with E-state index < -0.39 is 0 Å². The fourth-order valence-corrected chi connectivity index (χ4v) is 2.96. The molecule has 0 radical (unpaired) electrons. The molecule has 1 heterocycles. The van der Waals surface area contributed by atoms with Gasteiger partial charge in [-0.15, -0.1) is 11.3 Å². The van der Waals surface area contributed by atoms with Crippen molar-refractivity contribution in [3.63, 3.8) is 0 Å². The van der Waals surface area contributed by atoms with Gasteiger partial charge in [0.05, 0.1) is 11.6 Å². The van der Waals surface area contributed by atoms with Crippen molar-refractivity contribution in [2.45, 2.75) is 44.7 Å². The lowest BCUT2D eigenvalue weighted by Crippen LogP contribution is -2.24. The van der Waals surface area contributed by atoms with E-state index in [2.05, 4.69) is 10.3 Å². The molecule has 2 rings (SSSR count). The fraction of sp³-hybridized carbons (Fsp3) is 0.750. The van der Waals surface area contributed by atoms with Gasteiger partial charge in [0.15, 0.2) is 0 Å². The number of nitrogens with zero attached hydrogens (tertiary/aromatic N) is 1. The van der Waals surface area contributed by atoms with Crippen molar-refractivity contribution < 1.29 is 4.74 Å². The third-order valence-electron chi connectivity index (χ3n) is 3.04. The van der Waals surface area contributed by atoms with Crippen LogP contribution in [0.1, 0.15) is 35.6 Å². The van der Waals surface area contributed by atoms with Crippen LogP contribution in [0.25, 0.3) is 0 Å². The van der Waals surface area contributed by atoms with Gasteiger partial charge in [0, 0.05) is 37.2 Å². The molecule has 0 aliphatic heterocycles. The molecule has 1 saturated carbocycles. The molecule has 1 fully saturated rings. The summed E-state index contributed by atoms with van der Waals surface area (Å²) in [5, 5.41) is 4.79. The molecule has 4 heteroatoms. The summed E-state index contributed by atoms with van der Waals surface area (Å²) in [4.78, 5) is 5.74. The van der Waals surface area contributed by atoms with Crippen molar-refractivity contribution in [3.8, 4) is 0 Å². The van der Waals surface area contributed by atoms with E-state index in [4.69, 9.17) is 4.74 Å². The van der Waals surface area contributed by atoms with Gasteiger partial charge in [-0.3, -0.25) is 0 Å². The Labute approximate surface area is 101 Å². The summed E-state index contributed by atoms with van der Waals surface area (Å²) in [5.74, 6) is 0. The minimum absolute atomic E-state index is 0.740. The van der Waals surface area contributed by atoms with Gasteiger partial charge in [0.25, 0.3) is 0 Å². The van der Waals surface area contributed by atoms with Crippen LogP contribution in [0.5, 0.6) is 0 Å². The molecule has 16 heavy (non-hydrogen) atoms. The molecule has 1 aliphatic carbocycles. The molecular formula is C12H20N2OS. The first-order valence-electron chi connectivity index (χ1n) is 6.04. The molecule has 0 spiro atoms. The first kappa shape index (κ1) is 12.0. The highest BCUT2D eigenvalue weighted by Crippen LogP contribution is 2.19. The summed E-state index contributed by atoms with van der Waals surface area (Å²) in [6.45, 7) is 1.75. The molecule has 1 N–H and O–H groups in total. The summed E-state index contributed by atoms with van der Waals surface area (Å²) < 4.78 is 5.05. The smallest absolute Gasteiger partial charge is 0.0951 e. The predicted octanol–water partition coefficient (Wildman–Crippen LogP) is 2.36. The van der Waals surface area contributed by atoms with E-state index in [1.807, 2.05) is 6.20 Å². The number of nitrogens with one attached hydrogen (secondary N) is 1. The van der Waals surface area contributed by atoms with E-state index in [1.165, 1.54) is 35.6 Å². The molecule has 0 amide bonds. The monoisotopic (exact) mass is 240 g/mol. The molecule has 0 atom stereocenters. The second kappa shape index (κ2) is 6.33. The maximum atomic E-state index is 5.05. The quantitative estimate of drug-likeness (QED) is 0.829. The van der Waals surface area contributed by atoms with Gasteiger partial charge in [-0.2, -0.15) is 0 Å². The lowest BCUT2D eigenvalue weighted by Gasteiger charge is -2.09. The molecule has 0 bridgehead atoms. The summed E-state index contributed by atoms with van der Waals surface area (Å²) in [6.07, 6.45) is 8.39. The van der Waals surface area contributed by atoms with E-state index in [-0.39, 0.29) is 0 Å². The molecule has 0 unspecified atom stereocenters. The minimum atomic E-state index is 0.740. The standard InChI is InChI=1S/C12H20N2OS/c1-15-7-6-12-14-9-11(16-12)8-13-10-4-2-3-5-10/h9-10,13H,2-8H2,1H3. The van der Waals surface area contributed by atoms with Gasteiger partial charge in [0.2, 0.25) is 0 Å². The number of hydrogen-bond acceptors (Lipinski definition) is 4. The van der Waals surface area contributed by atoms with Crippen LogP contribution in [-0.4, -0.2) is 24.7 Å². The minimum Gasteiger partial charge on any atom is -0.384 e. The van der Waals surface area contributed by atoms with E-state index in [9.17, 15) is 0 Å². The lowest BCUT2D eigenvalue weighted by atomic mass is 10.2. The number of hydrogen-bond donors (Lipinski definition) is 1. The van der Waals surface area contributed by atoms with E-state index >= 15 is 0 Å². The largest absolute Gasteiger partial charge is 0.384 e. The fourth-order valence-electron chi connectivity index (χ4n) is 2.11. The zero-order chi connectivity index (χ0) is 11.2. The molecule has 90 valence electrons. The average molecular weight is 240 g/mol. The van der Waals surface area contributed by atoms with Crippen LogP contribution < -0.4 is 5.32 Å². The highest BCUT2D eigenvalue weighted by molar-refractivity contribution is 7.11. The van der Waals surface area contributed by atoms with Crippen LogP contribution in [-0.2, 0) is 17.7 Å². The molecule has 0 aromatic carbocycles. The maximum absolute atomic E-state index is 5.05. The summed E-state index contributed by atoms with van der Waals surface area (Å²) in [7, 11) is 1.73. The Morgan fingerprint density at radius 1 is 1.50 bits per heavy atom. The molecule has 1 aromatic rings. The third-order valence-corrected chi connectivity index (χ3v) is 4.10. The highest BCUT2D eigenvalue weighted by atomic mass is 32.1. The zero-order valence-corrected chi connectivity index (χ0v) is 10.7. The van der Waals surface area contributed by atoms with Crippen LogP contribution in [0, 0.1) is 0 Å². The number of methoxy groups -OCH3 is 1. The number of ether oxygens (including phenoxy) is 1. The van der Waals surface area contributed by atoms with Crippen LogP contribution in [0.3, 0.4) is 0 Å². The molecule has 0 saturated heterocycles. The molecule has 3 nitrogen and oxygen atoms in total. The molecule has 1 aromatic heterocycles. The molecular weight excluding hydrogens is 220 g/mol. The predicted molar refractivity (Wildman–Crippen MR) is 66.8 cm³/mol. The van der Waals surface area contributed by atoms with E-state index in [0.29, 0.717) is 0 Å². The van der Waals surface area contributed by atoms with Crippen molar-refractivity contribution in [3.05, 3.63) is 16.1 Å². The van der Waals surface area contributed by atoms with Gasteiger partial charge in [-0.05, 0) is 12.8 Å². The second-order valence-corrected chi connectivity index (χ2v) is 5.53. The van der Waals surface area contributed by atoms with Gasteiger partial charge >= 0.3 is 0 Å². The second-order valence-electron chi connectivity index (χ2n) is 4.33. The van der Waals surface area contributed by atoms with E-state index in [1.54, 1.807) is 18.4 Å². The van der Waals surface area contributed by atoms with Crippen molar-refractivity contribution in [1.29, 1.82) is 0 Å². The van der Waals surface area contributed by atoms with Crippen LogP contribution in [0.4, 0.5) is 0 Å². The van der Waals surface area contributed by atoms with Gasteiger partial charge in [-0.1, -0.05) is 12.8 Å². The zero-order valence-electron chi connectivity index (χ0n) is 9.87. The van der Waals surface area contributed by atoms with Crippen molar-refractivity contribution in [2.75, 3.05) is 13.7 Å². The first-order valence-corrected chi connectivity index (χ1v) is 6.86. The highest BCUT2D eigenvalue weighted by Gasteiger charge is 2.14. The summed E-state index contributed by atoms with van der Waals surface area (Å²) in [6, 6.07) is 0.740. The Hall–Kier alpha value is -0.450. The Kier molecular flexibility index (Phi) is 4.75. The van der Waals surface area contributed by atoms with Crippen LogP contribution in [0.15, 0.2) is 6.20 Å². The number of aromatic nitrogens is 1. The van der Waals surface area contributed by atoms with Crippen LogP contribution >= 0.6 is 11.3 Å². The summed E-state index contributed by atoms with van der Waals surface area (Å²) >= 11 is 1.80. The van der Waals surface area contributed by atoms with Crippen molar-refractivity contribution in [2.24, 2.45) is 0 Å². The maximum Gasteiger partial charge on any atom is 0.0951 e. The first-order chi connectivity index (χ1) is 7.88. The summed E-state index contributed by atoms with van der Waals surface area (Å²) in [5.41, 5.74) is 0.